The molecule has 1 atom stereocenters. The summed E-state index contributed by atoms with van der Waals surface area (Å²) < 4.78 is 5.85. The first-order valence-electron chi connectivity index (χ1n) is 5.45. The molecular weight excluding hydrogens is 184 g/mol. The van der Waals surface area contributed by atoms with E-state index in [0.717, 1.165) is 31.6 Å². The van der Waals surface area contributed by atoms with E-state index in [1.54, 1.807) is 0 Å². The summed E-state index contributed by atoms with van der Waals surface area (Å²) in [6.07, 6.45) is 6.53. The van der Waals surface area contributed by atoms with Gasteiger partial charge in [-0.25, -0.2) is 0 Å². The van der Waals surface area contributed by atoms with Crippen molar-refractivity contribution in [2.75, 3.05) is 5.88 Å². The van der Waals surface area contributed by atoms with E-state index in [0.29, 0.717) is 12.2 Å². The molecule has 0 saturated carbocycles. The van der Waals surface area contributed by atoms with Crippen LogP contribution in [0.2, 0.25) is 0 Å². The molecule has 0 aliphatic carbocycles. The van der Waals surface area contributed by atoms with Gasteiger partial charge in [-0.05, 0) is 39.0 Å². The molecule has 80 valence electrons. The van der Waals surface area contributed by atoms with Gasteiger partial charge in [0, 0.05) is 5.88 Å². The monoisotopic (exact) mass is 206 g/mol. The van der Waals surface area contributed by atoms with Gasteiger partial charge in [-0.15, -0.1) is 11.6 Å². The normalized spacial score (nSPS) is 13.6. The molecule has 1 nitrogen and oxygen atoms in total. The third-order valence-corrected chi connectivity index (χ3v) is 2.60. The maximum Gasteiger partial charge on any atom is 0.0573 e. The highest BCUT2D eigenvalue weighted by molar-refractivity contribution is 6.17. The van der Waals surface area contributed by atoms with Crippen LogP contribution in [-0.2, 0) is 4.74 Å². The number of hydrogen-bond acceptors (Lipinski definition) is 1. The van der Waals surface area contributed by atoms with Gasteiger partial charge in [0.15, 0.2) is 0 Å². The van der Waals surface area contributed by atoms with Gasteiger partial charge in [0.25, 0.3) is 0 Å². The molecule has 0 radical (unpaired) electrons. The Kier molecular flexibility index (Phi) is 9.00. The van der Waals surface area contributed by atoms with Crippen molar-refractivity contribution in [1.82, 2.24) is 0 Å². The van der Waals surface area contributed by atoms with Crippen molar-refractivity contribution in [3.8, 4) is 0 Å². The first kappa shape index (κ1) is 13.2. The Morgan fingerprint density at radius 1 is 1.15 bits per heavy atom. The molecule has 0 rings (SSSR count). The largest absolute Gasteiger partial charge is 0.375 e. The van der Waals surface area contributed by atoms with Gasteiger partial charge in [-0.2, -0.15) is 0 Å². The van der Waals surface area contributed by atoms with E-state index in [9.17, 15) is 0 Å². The molecule has 0 bridgehead atoms. The molecule has 0 saturated heterocycles. The lowest BCUT2D eigenvalue weighted by Crippen LogP contribution is -2.18. The molecule has 0 aliphatic heterocycles. The van der Waals surface area contributed by atoms with E-state index < -0.39 is 0 Å². The molecule has 0 aliphatic rings. The van der Waals surface area contributed by atoms with Crippen LogP contribution in [-0.4, -0.2) is 18.1 Å². The zero-order valence-corrected chi connectivity index (χ0v) is 9.94. The SMILES string of the molecule is CCC(CC)OC(C)CCCCCl. The van der Waals surface area contributed by atoms with Crippen LogP contribution in [0.5, 0.6) is 0 Å². The average Bonchev–Trinajstić information content (AvgIpc) is 2.14. The predicted molar refractivity (Wildman–Crippen MR) is 59.5 cm³/mol. The van der Waals surface area contributed by atoms with Crippen LogP contribution in [0.1, 0.15) is 52.9 Å². The lowest BCUT2D eigenvalue weighted by atomic mass is 10.1. The van der Waals surface area contributed by atoms with Crippen LogP contribution in [0.25, 0.3) is 0 Å². The number of halogens is 1. The van der Waals surface area contributed by atoms with Crippen LogP contribution in [0.3, 0.4) is 0 Å². The van der Waals surface area contributed by atoms with Gasteiger partial charge in [0.1, 0.15) is 0 Å². The Bertz CT molecular complexity index is 102. The van der Waals surface area contributed by atoms with Crippen molar-refractivity contribution in [2.24, 2.45) is 0 Å². The summed E-state index contributed by atoms with van der Waals surface area (Å²) in [5.74, 6) is 0.776. The fraction of sp³-hybridized carbons (Fsp3) is 1.00. The molecular formula is C11H23ClO. The minimum absolute atomic E-state index is 0.396. The zero-order chi connectivity index (χ0) is 10.1. The van der Waals surface area contributed by atoms with Crippen molar-refractivity contribution in [2.45, 2.75) is 65.1 Å². The number of rotatable bonds is 8. The predicted octanol–water partition coefficient (Wildman–Crippen LogP) is 3.99. The molecule has 2 heteroatoms. The minimum atomic E-state index is 0.396. The summed E-state index contributed by atoms with van der Waals surface area (Å²) >= 11 is 5.60. The third-order valence-electron chi connectivity index (χ3n) is 2.33. The van der Waals surface area contributed by atoms with Crippen LogP contribution >= 0.6 is 11.6 Å². The topological polar surface area (TPSA) is 9.23 Å². The number of alkyl halides is 1. The van der Waals surface area contributed by atoms with Gasteiger partial charge < -0.3 is 4.74 Å². The van der Waals surface area contributed by atoms with Crippen molar-refractivity contribution in [3.05, 3.63) is 0 Å². The minimum Gasteiger partial charge on any atom is -0.375 e. The summed E-state index contributed by atoms with van der Waals surface area (Å²) in [6.45, 7) is 6.52. The van der Waals surface area contributed by atoms with E-state index >= 15 is 0 Å². The fourth-order valence-corrected chi connectivity index (χ4v) is 1.59. The maximum absolute atomic E-state index is 5.85. The summed E-state index contributed by atoms with van der Waals surface area (Å²) in [5, 5.41) is 0. The van der Waals surface area contributed by atoms with Crippen LogP contribution in [0, 0.1) is 0 Å². The average molecular weight is 207 g/mol. The van der Waals surface area contributed by atoms with E-state index in [-0.39, 0.29) is 0 Å². The van der Waals surface area contributed by atoms with E-state index in [2.05, 4.69) is 20.8 Å². The van der Waals surface area contributed by atoms with Gasteiger partial charge in [0.2, 0.25) is 0 Å². The second-order valence-corrected chi connectivity index (χ2v) is 3.95. The second kappa shape index (κ2) is 8.83. The van der Waals surface area contributed by atoms with Crippen LogP contribution in [0.4, 0.5) is 0 Å². The first-order chi connectivity index (χ1) is 6.24. The fourth-order valence-electron chi connectivity index (χ4n) is 1.40. The quantitative estimate of drug-likeness (QED) is 0.431. The van der Waals surface area contributed by atoms with Crippen molar-refractivity contribution >= 4 is 11.6 Å². The van der Waals surface area contributed by atoms with Crippen molar-refractivity contribution in [1.29, 1.82) is 0 Å². The van der Waals surface area contributed by atoms with Crippen molar-refractivity contribution in [3.63, 3.8) is 0 Å². The highest BCUT2D eigenvalue weighted by Gasteiger charge is 2.08. The van der Waals surface area contributed by atoms with Crippen LogP contribution in [0.15, 0.2) is 0 Å². The van der Waals surface area contributed by atoms with E-state index in [1.807, 2.05) is 0 Å². The Morgan fingerprint density at radius 3 is 2.23 bits per heavy atom. The molecule has 0 aromatic heterocycles. The van der Waals surface area contributed by atoms with E-state index in [1.165, 1.54) is 6.42 Å². The lowest BCUT2D eigenvalue weighted by molar-refractivity contribution is -0.0105. The highest BCUT2D eigenvalue weighted by atomic mass is 35.5. The van der Waals surface area contributed by atoms with E-state index in [4.69, 9.17) is 16.3 Å². The standard InChI is InChI=1S/C11H23ClO/c1-4-11(5-2)13-10(3)8-6-7-9-12/h10-11H,4-9H2,1-3H3. The highest BCUT2D eigenvalue weighted by Crippen LogP contribution is 2.11. The Morgan fingerprint density at radius 2 is 1.77 bits per heavy atom. The first-order valence-corrected chi connectivity index (χ1v) is 5.99. The Hall–Kier alpha value is 0.250. The van der Waals surface area contributed by atoms with Gasteiger partial charge in [0.05, 0.1) is 12.2 Å². The summed E-state index contributed by atoms with van der Waals surface area (Å²) in [7, 11) is 0. The van der Waals surface area contributed by atoms with Crippen LogP contribution < -0.4 is 0 Å². The molecule has 0 spiro atoms. The molecule has 13 heavy (non-hydrogen) atoms. The molecule has 0 heterocycles. The van der Waals surface area contributed by atoms with Crippen molar-refractivity contribution < 1.29 is 4.74 Å². The molecule has 0 amide bonds. The number of ether oxygens (including phenoxy) is 1. The van der Waals surface area contributed by atoms with Gasteiger partial charge >= 0.3 is 0 Å². The summed E-state index contributed by atoms with van der Waals surface area (Å²) in [5.41, 5.74) is 0. The van der Waals surface area contributed by atoms with Gasteiger partial charge in [-0.1, -0.05) is 13.8 Å². The summed E-state index contributed by atoms with van der Waals surface area (Å²) in [4.78, 5) is 0. The second-order valence-electron chi connectivity index (χ2n) is 3.57. The Labute approximate surface area is 87.8 Å². The molecule has 0 fully saturated rings. The summed E-state index contributed by atoms with van der Waals surface area (Å²) in [6, 6.07) is 0. The molecule has 0 aromatic carbocycles. The molecule has 1 unspecified atom stereocenters. The zero-order valence-electron chi connectivity index (χ0n) is 9.18. The maximum atomic E-state index is 5.85. The smallest absolute Gasteiger partial charge is 0.0573 e. The molecule has 0 aromatic rings. The third kappa shape index (κ3) is 7.33. The molecule has 0 N–H and O–H groups in total. The van der Waals surface area contributed by atoms with Gasteiger partial charge in [-0.3, -0.25) is 0 Å². The Balaban J connectivity index is 3.42. The number of hydrogen-bond donors (Lipinski definition) is 0. The lowest BCUT2D eigenvalue weighted by Gasteiger charge is -2.19. The number of unbranched alkanes of at least 4 members (excludes halogenated alkanes) is 1.